The van der Waals surface area contributed by atoms with Crippen LogP contribution in [0.15, 0.2) is 72.4 Å². The quantitative estimate of drug-likeness (QED) is 0.727. The van der Waals surface area contributed by atoms with Gasteiger partial charge < -0.3 is 4.74 Å². The molecule has 0 aliphatic carbocycles. The summed E-state index contributed by atoms with van der Waals surface area (Å²) < 4.78 is 5.68. The fraction of sp³-hybridized carbons (Fsp3) is 0.0667. The average Bonchev–Trinajstić information content (AvgIpc) is 2.39. The van der Waals surface area contributed by atoms with Crippen LogP contribution in [0.25, 0.3) is 0 Å². The minimum Gasteiger partial charge on any atom is -0.490 e. The summed E-state index contributed by atoms with van der Waals surface area (Å²) in [6, 6.07) is 20.4. The first-order chi connectivity index (χ1) is 8.34. The Kier molecular flexibility index (Phi) is 4.16. The van der Waals surface area contributed by atoms with Gasteiger partial charge in [-0.1, -0.05) is 58.9 Å². The van der Waals surface area contributed by atoms with Crippen molar-refractivity contribution in [3.63, 3.8) is 0 Å². The highest BCUT2D eigenvalue weighted by Crippen LogP contribution is 2.08. The summed E-state index contributed by atoms with van der Waals surface area (Å²) in [5.74, 6) is 0.913. The molecule has 0 aromatic heterocycles. The van der Waals surface area contributed by atoms with Crippen molar-refractivity contribution in [2.75, 3.05) is 6.61 Å². The molecule has 0 atom stereocenters. The number of hydrogen-bond acceptors (Lipinski definition) is 1. The van der Waals surface area contributed by atoms with Crippen LogP contribution in [-0.2, 0) is 0 Å². The van der Waals surface area contributed by atoms with Crippen molar-refractivity contribution in [3.8, 4) is 5.75 Å². The predicted molar refractivity (Wildman–Crippen MR) is 75.7 cm³/mol. The molecule has 0 bridgehead atoms. The van der Waals surface area contributed by atoms with Gasteiger partial charge in [0.2, 0.25) is 0 Å². The van der Waals surface area contributed by atoms with Gasteiger partial charge in [0, 0.05) is 0 Å². The van der Waals surface area contributed by atoms with Crippen LogP contribution in [0.1, 0.15) is 0 Å². The highest BCUT2D eigenvalue weighted by molar-refractivity contribution is 6.60. The molecule has 2 aromatic carbocycles. The van der Waals surface area contributed by atoms with Gasteiger partial charge in [-0.25, -0.2) is 0 Å². The van der Waals surface area contributed by atoms with E-state index in [4.69, 9.17) is 4.74 Å². The highest BCUT2D eigenvalue weighted by Gasteiger charge is 1.99. The van der Waals surface area contributed by atoms with Crippen molar-refractivity contribution in [1.82, 2.24) is 0 Å². The van der Waals surface area contributed by atoms with Gasteiger partial charge in [0.25, 0.3) is 0 Å². The Balaban J connectivity index is 1.83. The molecule has 2 rings (SSSR count). The number of hydrogen-bond donors (Lipinski definition) is 0. The normalized spacial score (nSPS) is 10.6. The Morgan fingerprint density at radius 2 is 1.53 bits per heavy atom. The summed E-state index contributed by atoms with van der Waals surface area (Å²) in [5, 5.41) is 2.63. The maximum absolute atomic E-state index is 5.68. The van der Waals surface area contributed by atoms with Crippen molar-refractivity contribution < 1.29 is 4.74 Å². The van der Waals surface area contributed by atoms with Crippen molar-refractivity contribution in [1.29, 1.82) is 0 Å². The van der Waals surface area contributed by atoms with E-state index in [2.05, 4.69) is 30.8 Å². The third-order valence-corrected chi connectivity index (χ3v) is 4.07. The van der Waals surface area contributed by atoms with Crippen molar-refractivity contribution in [3.05, 3.63) is 72.4 Å². The maximum Gasteiger partial charge on any atom is 0.119 e. The zero-order chi connectivity index (χ0) is 11.9. The maximum atomic E-state index is 5.68. The third kappa shape index (κ3) is 3.92. The molecule has 0 aliphatic heterocycles. The molecule has 0 unspecified atom stereocenters. The predicted octanol–water partition coefficient (Wildman–Crippen LogP) is 2.07. The molecule has 0 aliphatic rings. The number of rotatable bonds is 5. The molecule has 1 nitrogen and oxygen atoms in total. The molecule has 17 heavy (non-hydrogen) atoms. The lowest BCUT2D eigenvalue weighted by atomic mass is 10.3. The zero-order valence-electron chi connectivity index (χ0n) is 9.80. The Bertz CT molecular complexity index is 465. The largest absolute Gasteiger partial charge is 0.490 e. The van der Waals surface area contributed by atoms with E-state index < -0.39 is 9.52 Å². The lowest BCUT2D eigenvalue weighted by molar-refractivity contribution is 0.359. The molecule has 0 heterocycles. The molecule has 86 valence electrons. The van der Waals surface area contributed by atoms with Crippen molar-refractivity contribution in [2.45, 2.75) is 0 Å². The zero-order valence-corrected chi connectivity index (χ0v) is 11.2. The smallest absolute Gasteiger partial charge is 0.119 e. The Morgan fingerprint density at radius 3 is 2.18 bits per heavy atom. The summed E-state index contributed by atoms with van der Waals surface area (Å²) in [7, 11) is -0.422. The number of para-hydroxylation sites is 1. The molecule has 2 aromatic rings. The van der Waals surface area contributed by atoms with Gasteiger partial charge in [0.05, 0.1) is 9.52 Å². The summed E-state index contributed by atoms with van der Waals surface area (Å²) >= 11 is 0. The van der Waals surface area contributed by atoms with Crippen LogP contribution in [0.3, 0.4) is 0 Å². The summed E-state index contributed by atoms with van der Waals surface area (Å²) in [6.45, 7) is 4.73. The first-order valence-electron chi connectivity index (χ1n) is 5.73. The van der Waals surface area contributed by atoms with Crippen LogP contribution in [0.2, 0.25) is 0 Å². The van der Waals surface area contributed by atoms with E-state index in [0.29, 0.717) is 6.61 Å². The van der Waals surface area contributed by atoms with Crippen LogP contribution < -0.4 is 9.92 Å². The second-order valence-corrected chi connectivity index (χ2v) is 6.18. The minimum absolute atomic E-state index is 0.422. The Morgan fingerprint density at radius 1 is 0.941 bits per heavy atom. The lowest BCUT2D eigenvalue weighted by Gasteiger charge is -2.08. The first-order valence-corrected chi connectivity index (χ1v) is 7.14. The van der Waals surface area contributed by atoms with Gasteiger partial charge in [0.1, 0.15) is 12.4 Å². The van der Waals surface area contributed by atoms with Crippen molar-refractivity contribution in [2.24, 2.45) is 0 Å². The van der Waals surface area contributed by atoms with Crippen LogP contribution in [0.5, 0.6) is 5.75 Å². The SMILES string of the molecule is C=C(COc1ccccc1)[SiH2]c1ccccc1. The number of benzene rings is 2. The highest BCUT2D eigenvalue weighted by atomic mass is 28.2. The van der Waals surface area contributed by atoms with Gasteiger partial charge in [-0.05, 0) is 12.1 Å². The van der Waals surface area contributed by atoms with E-state index in [1.54, 1.807) is 0 Å². The van der Waals surface area contributed by atoms with E-state index in [-0.39, 0.29) is 0 Å². The van der Waals surface area contributed by atoms with Crippen LogP contribution in [0.4, 0.5) is 0 Å². The standard InChI is InChI=1S/C15H16OSi/c1-13(17-15-10-6-3-7-11-15)12-16-14-8-4-2-5-9-14/h2-11H,1,12,17H2. The fourth-order valence-electron chi connectivity index (χ4n) is 1.64. The molecule has 0 N–H and O–H groups in total. The van der Waals surface area contributed by atoms with Gasteiger partial charge in [-0.2, -0.15) is 0 Å². The molecule has 0 radical (unpaired) electrons. The van der Waals surface area contributed by atoms with E-state index in [0.717, 1.165) is 5.75 Å². The Hall–Kier alpha value is -1.80. The molecule has 0 saturated carbocycles. The van der Waals surface area contributed by atoms with Gasteiger partial charge in [-0.3, -0.25) is 0 Å². The van der Waals surface area contributed by atoms with Gasteiger partial charge in [-0.15, -0.1) is 6.58 Å². The summed E-state index contributed by atoms with van der Waals surface area (Å²) in [5.41, 5.74) is 0. The molecule has 0 fully saturated rings. The lowest BCUT2D eigenvalue weighted by Crippen LogP contribution is -2.19. The topological polar surface area (TPSA) is 9.23 Å². The van der Waals surface area contributed by atoms with Crippen LogP contribution >= 0.6 is 0 Å². The summed E-state index contributed by atoms with van der Waals surface area (Å²) in [4.78, 5) is 0. The Labute approximate surface area is 105 Å². The second-order valence-electron chi connectivity index (χ2n) is 4.01. The molecule has 0 spiro atoms. The summed E-state index contributed by atoms with van der Waals surface area (Å²) in [6.07, 6.45) is 0. The van der Waals surface area contributed by atoms with E-state index >= 15 is 0 Å². The minimum atomic E-state index is -0.422. The van der Waals surface area contributed by atoms with Crippen LogP contribution in [0, 0.1) is 0 Å². The second kappa shape index (κ2) is 6.06. The molecule has 0 saturated heterocycles. The third-order valence-electron chi connectivity index (χ3n) is 2.48. The average molecular weight is 240 g/mol. The molecular formula is C15H16OSi. The first kappa shape index (κ1) is 11.7. The van der Waals surface area contributed by atoms with Gasteiger partial charge >= 0.3 is 0 Å². The molecular weight excluding hydrogens is 224 g/mol. The van der Waals surface area contributed by atoms with Crippen molar-refractivity contribution >= 4 is 14.7 Å². The van der Waals surface area contributed by atoms with Crippen LogP contribution in [-0.4, -0.2) is 16.1 Å². The van der Waals surface area contributed by atoms with E-state index in [1.165, 1.54) is 10.4 Å². The van der Waals surface area contributed by atoms with E-state index in [1.807, 2.05) is 36.4 Å². The van der Waals surface area contributed by atoms with Gasteiger partial charge in [0.15, 0.2) is 0 Å². The van der Waals surface area contributed by atoms with E-state index in [9.17, 15) is 0 Å². The number of ether oxygens (including phenoxy) is 1. The molecule has 2 heteroatoms. The monoisotopic (exact) mass is 240 g/mol. The molecule has 0 amide bonds. The fourth-order valence-corrected chi connectivity index (χ4v) is 2.93.